The van der Waals surface area contributed by atoms with Crippen LogP contribution in [0.4, 0.5) is 13.2 Å². The van der Waals surface area contributed by atoms with E-state index in [1.54, 1.807) is 0 Å². The molecule has 1 unspecified atom stereocenters. The third-order valence-corrected chi connectivity index (χ3v) is 3.64. The lowest BCUT2D eigenvalue weighted by atomic mass is 10.0. The molecule has 0 aromatic carbocycles. The van der Waals surface area contributed by atoms with E-state index in [9.17, 15) is 18.0 Å². The molecule has 1 aliphatic heterocycles. The number of nitrogens with zero attached hydrogens (tertiary/aromatic N) is 3. The number of hydrazone groups is 1. The minimum atomic E-state index is -4.69. The highest BCUT2D eigenvalue weighted by atomic mass is 35.5. The van der Waals surface area contributed by atoms with Gasteiger partial charge in [0, 0.05) is 24.9 Å². The van der Waals surface area contributed by atoms with Crippen molar-refractivity contribution in [1.82, 2.24) is 14.8 Å². The highest BCUT2D eigenvalue weighted by molar-refractivity contribution is 6.32. The van der Waals surface area contributed by atoms with Crippen molar-refractivity contribution in [3.63, 3.8) is 0 Å². The summed E-state index contributed by atoms with van der Waals surface area (Å²) in [5.41, 5.74) is 0.757. The van der Waals surface area contributed by atoms with Crippen molar-refractivity contribution in [1.29, 1.82) is 0 Å². The van der Waals surface area contributed by atoms with Crippen LogP contribution in [0.2, 0.25) is 5.15 Å². The molecule has 0 fully saturated rings. The molecule has 2 aromatic heterocycles. The van der Waals surface area contributed by atoms with E-state index >= 15 is 0 Å². The summed E-state index contributed by atoms with van der Waals surface area (Å²) >= 11 is 5.86. The molecule has 2 N–H and O–H groups in total. The first-order valence-electron chi connectivity index (χ1n) is 6.07. The zero-order valence-corrected chi connectivity index (χ0v) is 11.5. The van der Waals surface area contributed by atoms with Crippen molar-refractivity contribution < 1.29 is 23.1 Å². The summed E-state index contributed by atoms with van der Waals surface area (Å²) in [6.07, 6.45) is -1.87. The number of hydrogen-bond donors (Lipinski definition) is 2. The molecule has 2 aromatic rings. The van der Waals surface area contributed by atoms with Gasteiger partial charge in [-0.05, 0) is 11.6 Å². The average Bonchev–Trinajstić information content (AvgIpc) is 3.05. The molecule has 22 heavy (non-hydrogen) atoms. The van der Waals surface area contributed by atoms with Gasteiger partial charge >= 0.3 is 12.1 Å². The second-order valence-electron chi connectivity index (χ2n) is 4.68. The number of nitrogens with one attached hydrogen (secondary N) is 1. The molecule has 1 atom stereocenters. The first kappa shape index (κ1) is 14.6. The third-order valence-electron chi connectivity index (χ3n) is 3.28. The van der Waals surface area contributed by atoms with Crippen molar-refractivity contribution in [3.8, 4) is 0 Å². The van der Waals surface area contributed by atoms with Crippen LogP contribution in [0.1, 0.15) is 27.5 Å². The van der Waals surface area contributed by atoms with Crippen LogP contribution in [-0.4, -0.2) is 33.2 Å². The predicted molar refractivity (Wildman–Crippen MR) is 71.4 cm³/mol. The molecule has 3 heterocycles. The van der Waals surface area contributed by atoms with Crippen LogP contribution in [0.25, 0.3) is 5.65 Å². The Balaban J connectivity index is 2.31. The maximum Gasteiger partial charge on any atom is 0.419 e. The molecule has 0 aliphatic carbocycles. The predicted octanol–water partition coefficient (Wildman–Crippen LogP) is 2.38. The first-order valence-corrected chi connectivity index (χ1v) is 6.45. The number of carboxylic acid groups (broad SMARTS) is 1. The van der Waals surface area contributed by atoms with Crippen molar-refractivity contribution in [2.24, 2.45) is 5.10 Å². The molecular formula is C12H8ClF3N4O2. The lowest BCUT2D eigenvalue weighted by molar-refractivity contribution is -0.136. The minimum absolute atomic E-state index is 0.310. The van der Waals surface area contributed by atoms with Crippen LogP contribution >= 0.6 is 11.6 Å². The molecule has 0 radical (unpaired) electrons. The van der Waals surface area contributed by atoms with E-state index in [1.807, 2.05) is 0 Å². The van der Waals surface area contributed by atoms with E-state index < -0.39 is 29.1 Å². The van der Waals surface area contributed by atoms with E-state index in [0.717, 1.165) is 10.5 Å². The third kappa shape index (κ3) is 2.27. The number of alkyl halides is 3. The maximum absolute atomic E-state index is 13.2. The topological polar surface area (TPSA) is 79.0 Å². The number of imidazole rings is 1. The van der Waals surface area contributed by atoms with Crippen LogP contribution in [0.15, 0.2) is 17.4 Å². The number of carbonyl (C=O) groups is 1. The number of hydrogen-bond acceptors (Lipinski definition) is 4. The Hall–Kier alpha value is -2.29. The number of rotatable bonds is 2. The number of aromatic nitrogens is 2. The summed E-state index contributed by atoms with van der Waals surface area (Å²) in [5.74, 6) is -1.86. The molecule has 1 aliphatic rings. The van der Waals surface area contributed by atoms with E-state index in [1.165, 1.54) is 12.4 Å². The number of carboxylic acids is 1. The number of fused-ring (bicyclic) bond motifs is 1. The summed E-state index contributed by atoms with van der Waals surface area (Å²) in [6, 6.07) is 0.938. The van der Waals surface area contributed by atoms with Gasteiger partial charge in [0.1, 0.15) is 5.15 Å². The van der Waals surface area contributed by atoms with Gasteiger partial charge in [0.15, 0.2) is 11.3 Å². The standard InChI is InChI=1S/C12H8ClF3N4O2/c13-9-8(11(21)22)19-10-7(12(14,15)16)1-5(4-20(9)10)6-2-17-18-3-6/h1-2,4,6,18H,3H2,(H,21,22). The lowest BCUT2D eigenvalue weighted by Gasteiger charge is -2.13. The van der Waals surface area contributed by atoms with Gasteiger partial charge in [-0.25, -0.2) is 9.78 Å². The summed E-state index contributed by atoms with van der Waals surface area (Å²) in [6.45, 7) is 0.348. The Morgan fingerprint density at radius 3 is 2.77 bits per heavy atom. The van der Waals surface area contributed by atoms with E-state index in [4.69, 9.17) is 16.7 Å². The fourth-order valence-electron chi connectivity index (χ4n) is 2.24. The van der Waals surface area contributed by atoms with Crippen molar-refractivity contribution >= 4 is 29.4 Å². The van der Waals surface area contributed by atoms with Crippen LogP contribution in [0, 0.1) is 0 Å². The van der Waals surface area contributed by atoms with Gasteiger partial charge in [-0.15, -0.1) is 0 Å². The van der Waals surface area contributed by atoms with Crippen molar-refractivity contribution in [3.05, 3.63) is 34.2 Å². The normalized spacial score (nSPS) is 17.9. The summed E-state index contributed by atoms with van der Waals surface area (Å²) in [4.78, 5) is 14.5. The SMILES string of the molecule is O=C(O)c1nc2c(C(F)(F)F)cc(C3C=NNC3)cn2c1Cl. The average molecular weight is 333 g/mol. The van der Waals surface area contributed by atoms with Gasteiger partial charge in [0.05, 0.1) is 5.56 Å². The number of halogens is 4. The van der Waals surface area contributed by atoms with Gasteiger partial charge in [-0.1, -0.05) is 11.6 Å². The van der Waals surface area contributed by atoms with Gasteiger partial charge in [-0.2, -0.15) is 18.3 Å². The van der Waals surface area contributed by atoms with E-state index in [-0.39, 0.29) is 11.1 Å². The summed E-state index contributed by atoms with van der Waals surface area (Å²) in [7, 11) is 0. The van der Waals surface area contributed by atoms with Crippen molar-refractivity contribution in [2.45, 2.75) is 12.1 Å². The monoisotopic (exact) mass is 332 g/mol. The smallest absolute Gasteiger partial charge is 0.419 e. The largest absolute Gasteiger partial charge is 0.476 e. The van der Waals surface area contributed by atoms with Crippen LogP contribution in [-0.2, 0) is 6.18 Å². The van der Waals surface area contributed by atoms with E-state index in [2.05, 4.69) is 15.5 Å². The van der Waals surface area contributed by atoms with E-state index in [0.29, 0.717) is 12.1 Å². The summed E-state index contributed by atoms with van der Waals surface area (Å²) in [5, 5.41) is 12.4. The lowest BCUT2D eigenvalue weighted by Crippen LogP contribution is -2.13. The number of pyridine rings is 1. The maximum atomic E-state index is 13.2. The Kier molecular flexibility index (Phi) is 3.24. The number of aromatic carboxylic acids is 1. The van der Waals surface area contributed by atoms with Gasteiger partial charge in [0.25, 0.3) is 0 Å². The Labute approximate surface area is 126 Å². The molecule has 3 rings (SSSR count). The molecule has 0 saturated carbocycles. The van der Waals surface area contributed by atoms with Gasteiger partial charge < -0.3 is 10.5 Å². The Bertz CT molecular complexity index is 800. The molecular weight excluding hydrogens is 325 g/mol. The Morgan fingerprint density at radius 1 is 1.50 bits per heavy atom. The highest BCUT2D eigenvalue weighted by Crippen LogP contribution is 2.36. The second-order valence-corrected chi connectivity index (χ2v) is 5.04. The summed E-state index contributed by atoms with van der Waals surface area (Å²) < 4.78 is 40.6. The van der Waals surface area contributed by atoms with Crippen LogP contribution < -0.4 is 5.43 Å². The molecule has 6 nitrogen and oxygen atoms in total. The first-order chi connectivity index (χ1) is 10.3. The quantitative estimate of drug-likeness (QED) is 0.885. The molecule has 0 bridgehead atoms. The fraction of sp³-hybridized carbons (Fsp3) is 0.250. The molecule has 0 spiro atoms. The van der Waals surface area contributed by atoms with Crippen LogP contribution in [0.3, 0.4) is 0 Å². The molecule has 0 amide bonds. The Morgan fingerprint density at radius 2 is 2.23 bits per heavy atom. The highest BCUT2D eigenvalue weighted by Gasteiger charge is 2.36. The van der Waals surface area contributed by atoms with Gasteiger partial charge in [0.2, 0.25) is 0 Å². The minimum Gasteiger partial charge on any atom is -0.476 e. The molecule has 0 saturated heterocycles. The second kappa shape index (κ2) is 4.87. The fourth-order valence-corrected chi connectivity index (χ4v) is 2.49. The van der Waals surface area contributed by atoms with Crippen molar-refractivity contribution in [2.75, 3.05) is 6.54 Å². The zero-order valence-electron chi connectivity index (χ0n) is 10.7. The molecule has 10 heteroatoms. The molecule has 116 valence electrons. The zero-order chi connectivity index (χ0) is 16.1. The van der Waals surface area contributed by atoms with Crippen LogP contribution in [0.5, 0.6) is 0 Å². The van der Waals surface area contributed by atoms with Gasteiger partial charge in [-0.3, -0.25) is 4.40 Å².